The Bertz CT molecular complexity index is 289. The first-order valence-electron chi connectivity index (χ1n) is 5.31. The molecule has 3 heteroatoms. The molecule has 1 aromatic rings. The fraction of sp³-hybridized carbons (Fsp3) is 0.545. The Balaban J connectivity index is 3.17. The Morgan fingerprint density at radius 1 is 1.21 bits per heavy atom. The third kappa shape index (κ3) is 2.10. The molecule has 0 amide bonds. The number of rotatable bonds is 4. The molecule has 1 heterocycles. The van der Waals surface area contributed by atoms with Crippen LogP contribution >= 0.6 is 0 Å². The van der Waals surface area contributed by atoms with Crippen LogP contribution < -0.4 is 3.58 Å². The van der Waals surface area contributed by atoms with Crippen molar-refractivity contribution in [2.45, 2.75) is 34.1 Å². The zero-order chi connectivity index (χ0) is 10.6. The molecule has 14 heavy (non-hydrogen) atoms. The van der Waals surface area contributed by atoms with E-state index in [0.717, 1.165) is 3.58 Å². The van der Waals surface area contributed by atoms with Gasteiger partial charge in [0.1, 0.15) is 0 Å². The van der Waals surface area contributed by atoms with Crippen LogP contribution in [0.4, 0.5) is 4.39 Å². The summed E-state index contributed by atoms with van der Waals surface area (Å²) in [5.41, 5.74) is 0. The topological polar surface area (TPSA) is 12.9 Å². The van der Waals surface area contributed by atoms with E-state index in [0.29, 0.717) is 0 Å². The first-order chi connectivity index (χ1) is 6.70. The van der Waals surface area contributed by atoms with Gasteiger partial charge < -0.3 is 0 Å². The molecule has 0 aliphatic heterocycles. The van der Waals surface area contributed by atoms with Gasteiger partial charge in [0.25, 0.3) is 0 Å². The van der Waals surface area contributed by atoms with Gasteiger partial charge in [-0.3, -0.25) is 0 Å². The SMILES string of the molecule is C[CH2][Sn]([CH2]C)([CH2]C)[c]1cccnc1F. The van der Waals surface area contributed by atoms with Crippen molar-refractivity contribution < 1.29 is 4.39 Å². The van der Waals surface area contributed by atoms with Gasteiger partial charge in [-0.25, -0.2) is 0 Å². The van der Waals surface area contributed by atoms with Gasteiger partial charge in [-0.05, 0) is 0 Å². The zero-order valence-electron chi connectivity index (χ0n) is 9.18. The molecule has 1 rings (SSSR count). The molecule has 0 bridgehead atoms. The van der Waals surface area contributed by atoms with Crippen LogP contribution in [0.2, 0.25) is 13.3 Å². The van der Waals surface area contributed by atoms with Gasteiger partial charge in [-0.1, -0.05) is 0 Å². The van der Waals surface area contributed by atoms with Crippen LogP contribution in [0.5, 0.6) is 0 Å². The fourth-order valence-corrected chi connectivity index (χ4v) is 12.4. The number of aromatic nitrogens is 1. The maximum atomic E-state index is 13.6. The predicted octanol–water partition coefficient (Wildman–Crippen LogP) is 2.94. The standard InChI is InChI=1S/C5H3FN.3C2H5.Sn/c6-5-3-1-2-4-7-5;3*1-2;/h1-2,4H;3*1H2,2H3;. The predicted molar refractivity (Wildman–Crippen MR) is 61.0 cm³/mol. The normalized spacial score (nSPS) is 11.7. The first-order valence-corrected chi connectivity index (χ1v) is 12.8. The molecule has 1 aromatic heterocycles. The van der Waals surface area contributed by atoms with Crippen LogP contribution in [-0.2, 0) is 0 Å². The Kier molecular flexibility index (Phi) is 4.35. The molecule has 0 atom stereocenters. The molecule has 0 unspecified atom stereocenters. The van der Waals surface area contributed by atoms with Gasteiger partial charge in [0.05, 0.1) is 0 Å². The number of pyridine rings is 1. The molecule has 0 fully saturated rings. The Labute approximate surface area is 89.6 Å². The Morgan fingerprint density at radius 2 is 1.79 bits per heavy atom. The second-order valence-electron chi connectivity index (χ2n) is 3.68. The molecule has 0 N–H and O–H groups in total. The molecular weight excluding hydrogens is 284 g/mol. The van der Waals surface area contributed by atoms with Crippen molar-refractivity contribution in [2.24, 2.45) is 0 Å². The van der Waals surface area contributed by atoms with Crippen LogP contribution in [0, 0.1) is 5.95 Å². The summed E-state index contributed by atoms with van der Waals surface area (Å²) in [4.78, 5) is 3.77. The van der Waals surface area contributed by atoms with E-state index in [1.165, 1.54) is 19.5 Å². The van der Waals surface area contributed by atoms with Gasteiger partial charge in [0.15, 0.2) is 0 Å². The monoisotopic (exact) mass is 303 g/mol. The number of hydrogen-bond acceptors (Lipinski definition) is 1. The van der Waals surface area contributed by atoms with Crippen LogP contribution in [0.25, 0.3) is 0 Å². The van der Waals surface area contributed by atoms with Gasteiger partial charge >= 0.3 is 89.7 Å². The summed E-state index contributed by atoms with van der Waals surface area (Å²) in [5, 5.41) is 0. The third-order valence-electron chi connectivity index (χ3n) is 3.36. The average molecular weight is 302 g/mol. The molecule has 0 aliphatic carbocycles. The van der Waals surface area contributed by atoms with E-state index in [4.69, 9.17) is 0 Å². The molecule has 0 aliphatic rings. The summed E-state index contributed by atoms with van der Waals surface area (Å²) in [6.07, 6.45) is 1.54. The summed E-state index contributed by atoms with van der Waals surface area (Å²) >= 11 is -2.37. The second kappa shape index (κ2) is 5.10. The van der Waals surface area contributed by atoms with E-state index in [-0.39, 0.29) is 5.95 Å². The quantitative estimate of drug-likeness (QED) is 0.615. The minimum atomic E-state index is -2.37. The summed E-state index contributed by atoms with van der Waals surface area (Å²) in [7, 11) is 0. The number of halogens is 1. The van der Waals surface area contributed by atoms with Crippen molar-refractivity contribution in [3.63, 3.8) is 0 Å². The minimum absolute atomic E-state index is 0.214. The maximum absolute atomic E-state index is 13.6. The van der Waals surface area contributed by atoms with Crippen molar-refractivity contribution in [1.82, 2.24) is 4.98 Å². The van der Waals surface area contributed by atoms with E-state index in [9.17, 15) is 4.39 Å². The molecule has 0 aromatic carbocycles. The molecule has 1 nitrogen and oxygen atoms in total. The van der Waals surface area contributed by atoms with Gasteiger partial charge in [-0.2, -0.15) is 0 Å². The van der Waals surface area contributed by atoms with E-state index < -0.39 is 18.4 Å². The second-order valence-corrected chi connectivity index (χ2v) is 18.6. The van der Waals surface area contributed by atoms with Crippen molar-refractivity contribution in [2.75, 3.05) is 0 Å². The van der Waals surface area contributed by atoms with Gasteiger partial charge in [0, 0.05) is 0 Å². The third-order valence-corrected chi connectivity index (χ3v) is 19.3. The van der Waals surface area contributed by atoms with Crippen molar-refractivity contribution in [3.8, 4) is 0 Å². The summed E-state index contributed by atoms with van der Waals surface area (Å²) in [6, 6.07) is 3.82. The van der Waals surface area contributed by atoms with Gasteiger partial charge in [0.2, 0.25) is 0 Å². The summed E-state index contributed by atoms with van der Waals surface area (Å²) < 4.78 is 18.1. The first kappa shape index (κ1) is 12.0. The van der Waals surface area contributed by atoms with Crippen LogP contribution in [-0.4, -0.2) is 23.4 Å². The van der Waals surface area contributed by atoms with Crippen molar-refractivity contribution in [1.29, 1.82) is 0 Å². The van der Waals surface area contributed by atoms with E-state index in [1.54, 1.807) is 0 Å². The zero-order valence-corrected chi connectivity index (χ0v) is 12.0. The molecule has 0 spiro atoms. The number of nitrogens with zero attached hydrogens (tertiary/aromatic N) is 1. The van der Waals surface area contributed by atoms with Crippen molar-refractivity contribution >= 4 is 22.0 Å². The van der Waals surface area contributed by atoms with Crippen molar-refractivity contribution in [3.05, 3.63) is 24.3 Å². The van der Waals surface area contributed by atoms with Gasteiger partial charge in [-0.15, -0.1) is 0 Å². The van der Waals surface area contributed by atoms with E-state index in [1.807, 2.05) is 12.1 Å². The van der Waals surface area contributed by atoms with Crippen LogP contribution in [0.3, 0.4) is 0 Å². The Hall–Kier alpha value is -0.121. The van der Waals surface area contributed by atoms with Crippen LogP contribution in [0.15, 0.2) is 18.3 Å². The molecular formula is C11H18FNSn. The number of hydrogen-bond donors (Lipinski definition) is 0. The molecule has 78 valence electrons. The van der Waals surface area contributed by atoms with E-state index >= 15 is 0 Å². The fourth-order valence-electron chi connectivity index (χ4n) is 2.10. The van der Waals surface area contributed by atoms with E-state index in [2.05, 4.69) is 25.8 Å². The molecule has 0 radical (unpaired) electrons. The van der Waals surface area contributed by atoms with Crippen LogP contribution in [0.1, 0.15) is 20.8 Å². The summed E-state index contributed by atoms with van der Waals surface area (Å²) in [6.45, 7) is 6.61. The molecule has 0 saturated heterocycles. The average Bonchev–Trinajstić information content (AvgIpc) is 2.24. The Morgan fingerprint density at radius 3 is 2.21 bits per heavy atom. The summed E-state index contributed by atoms with van der Waals surface area (Å²) in [5.74, 6) is -0.214. The molecule has 0 saturated carbocycles.